The topological polar surface area (TPSA) is 208 Å². The highest BCUT2D eigenvalue weighted by Crippen LogP contribution is 2.55. The largest absolute Gasteiger partial charge is 0.489 e. The molecule has 1 saturated carbocycles. The molecule has 16 heteroatoms. The second kappa shape index (κ2) is 21.8. The molecule has 2 fully saturated rings. The number of aliphatic hydroxyl groups is 1. The van der Waals surface area contributed by atoms with E-state index in [0.717, 1.165) is 48.3 Å². The molecule has 0 radical (unpaired) electrons. The number of halogens is 1. The van der Waals surface area contributed by atoms with Crippen molar-refractivity contribution < 1.29 is 38.2 Å². The maximum absolute atomic E-state index is 13.5. The zero-order valence-corrected chi connectivity index (χ0v) is 40.3. The SMILES string of the molecule is Cc1ncoc1-c1ccc(CNC(=O)[C@@H]2C[C@@H](O)CN2C(=O)CC(C)(C)CNC(=O)COCCCCCNc2ccc(C(=O)NC3C(C)(C)C(Oc4ccc(C#N)c(Cl)c4)C3(C)C)cc2)cc1. The fourth-order valence-corrected chi connectivity index (χ4v) is 9.63. The summed E-state index contributed by atoms with van der Waals surface area (Å²) in [6, 6.07) is 21.1. The van der Waals surface area contributed by atoms with Crippen molar-refractivity contribution in [1.82, 2.24) is 25.8 Å². The highest BCUT2D eigenvalue weighted by atomic mass is 35.5. The minimum Gasteiger partial charge on any atom is -0.489 e. The number of rotatable bonds is 21. The third-order valence-corrected chi connectivity index (χ3v) is 13.1. The number of unbranched alkanes of at least 4 members (excludes halogenated alkanes) is 2. The van der Waals surface area contributed by atoms with E-state index in [0.29, 0.717) is 34.3 Å². The van der Waals surface area contributed by atoms with Crippen molar-refractivity contribution in [2.45, 2.75) is 111 Å². The summed E-state index contributed by atoms with van der Waals surface area (Å²) in [6.07, 6.45) is 3.19. The van der Waals surface area contributed by atoms with Crippen LogP contribution in [0.3, 0.4) is 0 Å². The first-order valence-corrected chi connectivity index (χ1v) is 23.3. The number of nitrogens with zero attached hydrogens (tertiary/aromatic N) is 3. The summed E-state index contributed by atoms with van der Waals surface area (Å²) >= 11 is 6.23. The average molecular weight is 939 g/mol. The molecule has 3 aromatic carbocycles. The normalized spacial score (nSPS) is 19.4. The Labute approximate surface area is 398 Å². The van der Waals surface area contributed by atoms with Gasteiger partial charge in [0.15, 0.2) is 12.2 Å². The predicted octanol–water partition coefficient (Wildman–Crippen LogP) is 7.20. The molecule has 4 amide bonds. The molecule has 0 unspecified atom stereocenters. The summed E-state index contributed by atoms with van der Waals surface area (Å²) in [5.41, 5.74) is 3.05. The standard InChI is InChI=1S/C51H64ClN7O8/c1-32-44(66-31-57-32)34-13-11-33(12-14-34)27-55-46(64)41-23-38(60)28-59(41)43(62)25-49(2,3)30-56-42(61)29-65-22-10-8-9-21-54-37-18-15-35(16-19-37)45(63)58-47-50(4,5)48(51(47,6)7)67-39-20-17-36(26-53)40(52)24-39/h11-20,24,31,38,41,47-48,54,60H,8-10,21-23,25,27-30H2,1-7H3,(H,55,64)(H,56,61)(H,58,63)/t38-,41+,47?,48?/m1/s1. The van der Waals surface area contributed by atoms with Gasteiger partial charge in [-0.2, -0.15) is 5.26 Å². The molecule has 2 heterocycles. The maximum Gasteiger partial charge on any atom is 0.251 e. The lowest BCUT2D eigenvalue weighted by molar-refractivity contribution is -0.164. The van der Waals surface area contributed by atoms with Crippen molar-refractivity contribution in [2.24, 2.45) is 16.2 Å². The average Bonchev–Trinajstić information content (AvgIpc) is 3.91. The van der Waals surface area contributed by atoms with E-state index in [-0.39, 0.29) is 85.7 Å². The van der Waals surface area contributed by atoms with E-state index < -0.39 is 17.6 Å². The molecule has 358 valence electrons. The van der Waals surface area contributed by atoms with Crippen LogP contribution in [-0.2, 0) is 25.7 Å². The third-order valence-electron chi connectivity index (χ3n) is 12.8. The van der Waals surface area contributed by atoms with Crippen LogP contribution in [0.5, 0.6) is 5.75 Å². The van der Waals surface area contributed by atoms with E-state index in [1.807, 2.05) is 69.3 Å². The van der Waals surface area contributed by atoms with Crippen LogP contribution in [0.1, 0.15) is 101 Å². The number of oxazole rings is 1. The monoisotopic (exact) mass is 937 g/mol. The van der Waals surface area contributed by atoms with Crippen molar-refractivity contribution in [3.05, 3.63) is 101 Å². The molecule has 1 aliphatic heterocycles. The smallest absolute Gasteiger partial charge is 0.251 e. The molecule has 5 N–H and O–H groups in total. The summed E-state index contributed by atoms with van der Waals surface area (Å²) in [7, 11) is 0. The molecule has 1 aromatic heterocycles. The number of amides is 4. The van der Waals surface area contributed by atoms with Gasteiger partial charge in [-0.15, -0.1) is 0 Å². The van der Waals surface area contributed by atoms with Crippen molar-refractivity contribution in [3.8, 4) is 23.1 Å². The Bertz CT molecular complexity index is 2390. The van der Waals surface area contributed by atoms with Crippen LogP contribution in [0.2, 0.25) is 5.02 Å². The Balaban J connectivity index is 0.824. The van der Waals surface area contributed by atoms with Gasteiger partial charge in [-0.25, -0.2) is 4.98 Å². The maximum atomic E-state index is 13.5. The molecule has 15 nitrogen and oxygen atoms in total. The van der Waals surface area contributed by atoms with Crippen LogP contribution in [0, 0.1) is 34.5 Å². The van der Waals surface area contributed by atoms with Crippen molar-refractivity contribution in [1.29, 1.82) is 5.26 Å². The molecular formula is C51H64ClN7O8. The molecule has 1 aliphatic carbocycles. The van der Waals surface area contributed by atoms with E-state index in [1.165, 1.54) is 11.3 Å². The number of hydrogen-bond acceptors (Lipinski definition) is 11. The molecule has 1 saturated heterocycles. The van der Waals surface area contributed by atoms with Crippen LogP contribution in [0.25, 0.3) is 11.3 Å². The Morgan fingerprint density at radius 3 is 2.36 bits per heavy atom. The van der Waals surface area contributed by atoms with E-state index in [1.54, 1.807) is 18.2 Å². The van der Waals surface area contributed by atoms with Gasteiger partial charge in [-0.1, -0.05) is 77.4 Å². The Morgan fingerprint density at radius 2 is 1.70 bits per heavy atom. The van der Waals surface area contributed by atoms with Gasteiger partial charge >= 0.3 is 0 Å². The molecule has 6 rings (SSSR count). The van der Waals surface area contributed by atoms with Crippen LogP contribution in [-0.4, -0.2) is 95.8 Å². The second-order valence-electron chi connectivity index (χ2n) is 19.7. The lowest BCUT2D eigenvalue weighted by Crippen LogP contribution is -2.74. The first-order chi connectivity index (χ1) is 31.8. The fourth-order valence-electron chi connectivity index (χ4n) is 9.41. The Morgan fingerprint density at radius 1 is 0.985 bits per heavy atom. The number of carbonyl (C=O) groups excluding carboxylic acids is 4. The number of nitrogens with one attached hydrogen (secondary N) is 4. The van der Waals surface area contributed by atoms with Gasteiger partial charge in [-0.05, 0) is 73.6 Å². The van der Waals surface area contributed by atoms with Crippen LogP contribution in [0.15, 0.2) is 77.5 Å². The number of aliphatic hydroxyl groups excluding tert-OH is 1. The first-order valence-electron chi connectivity index (χ1n) is 22.9. The number of anilines is 1. The summed E-state index contributed by atoms with van der Waals surface area (Å²) < 4.78 is 17.4. The van der Waals surface area contributed by atoms with Crippen LogP contribution >= 0.6 is 11.6 Å². The van der Waals surface area contributed by atoms with Crippen molar-refractivity contribution in [2.75, 3.05) is 38.2 Å². The van der Waals surface area contributed by atoms with E-state index in [9.17, 15) is 29.5 Å². The quantitative estimate of drug-likeness (QED) is 0.0528. The zero-order valence-electron chi connectivity index (χ0n) is 39.5. The van der Waals surface area contributed by atoms with Gasteiger partial charge in [0.2, 0.25) is 17.7 Å². The van der Waals surface area contributed by atoms with Crippen LogP contribution in [0.4, 0.5) is 5.69 Å². The minimum atomic E-state index is -0.805. The molecule has 2 atom stereocenters. The predicted molar refractivity (Wildman–Crippen MR) is 255 cm³/mol. The van der Waals surface area contributed by atoms with Gasteiger partial charge in [0.1, 0.15) is 30.6 Å². The molecule has 4 aromatic rings. The van der Waals surface area contributed by atoms with Crippen molar-refractivity contribution >= 4 is 40.9 Å². The van der Waals surface area contributed by atoms with Crippen molar-refractivity contribution in [3.63, 3.8) is 0 Å². The molecular weight excluding hydrogens is 874 g/mol. The van der Waals surface area contributed by atoms with Gasteiger partial charge in [0, 0.05) is 85.4 Å². The number of carbonyl (C=O) groups is 4. The number of aryl methyl sites for hydroxylation is 1. The summed E-state index contributed by atoms with van der Waals surface area (Å²) in [4.78, 5) is 58.2. The number of likely N-dealkylation sites (tertiary alicyclic amines) is 1. The molecule has 67 heavy (non-hydrogen) atoms. The Hall–Kier alpha value is -5.95. The van der Waals surface area contributed by atoms with E-state index in [4.69, 9.17) is 25.5 Å². The highest BCUT2D eigenvalue weighted by molar-refractivity contribution is 6.31. The van der Waals surface area contributed by atoms with Gasteiger partial charge < -0.3 is 45.2 Å². The number of aromatic nitrogens is 1. The summed E-state index contributed by atoms with van der Waals surface area (Å²) in [5, 5.41) is 32.4. The van der Waals surface area contributed by atoms with E-state index in [2.05, 4.69) is 60.0 Å². The lowest BCUT2D eigenvalue weighted by atomic mass is 9.49. The number of nitriles is 1. The van der Waals surface area contributed by atoms with Crippen LogP contribution < -0.4 is 26.0 Å². The van der Waals surface area contributed by atoms with Gasteiger partial charge in [0.25, 0.3) is 5.91 Å². The first kappa shape index (κ1) is 50.5. The number of hydrogen-bond donors (Lipinski definition) is 5. The molecule has 2 aliphatic rings. The van der Waals surface area contributed by atoms with Gasteiger partial charge in [-0.3, -0.25) is 19.2 Å². The number of β-amino-alcohol motifs (C(OH)–C–C–N with tert-alkyl or cyclic N) is 1. The summed E-state index contributed by atoms with van der Waals surface area (Å²) in [6.45, 7) is 15.5. The zero-order chi connectivity index (χ0) is 48.5. The molecule has 0 spiro atoms. The Kier molecular flexibility index (Phi) is 16.4. The highest BCUT2D eigenvalue weighted by Gasteiger charge is 2.64. The second-order valence-corrected chi connectivity index (χ2v) is 20.1. The number of ether oxygens (including phenoxy) is 2. The van der Waals surface area contributed by atoms with Gasteiger partial charge in [0.05, 0.1) is 22.4 Å². The third kappa shape index (κ3) is 12.7. The molecule has 0 bridgehead atoms. The fraction of sp³-hybridized carbons (Fsp3) is 0.490. The van der Waals surface area contributed by atoms with E-state index >= 15 is 0 Å². The number of benzene rings is 3. The minimum absolute atomic E-state index is 0.0695. The summed E-state index contributed by atoms with van der Waals surface area (Å²) in [5.74, 6) is 0.244. The lowest BCUT2D eigenvalue weighted by Gasteiger charge is -2.63.